The average Bonchev–Trinajstić information content (AvgIpc) is 3.14. The lowest BCUT2D eigenvalue weighted by Crippen LogP contribution is -2.12. The predicted octanol–water partition coefficient (Wildman–Crippen LogP) is 7.94. The van der Waals surface area contributed by atoms with E-state index in [-0.39, 0.29) is 5.41 Å². The molecule has 2 rings (SSSR count). The molecule has 0 saturated carbocycles. The number of hydrogen-bond acceptors (Lipinski definition) is 4. The highest BCUT2D eigenvalue weighted by Gasteiger charge is 2.19. The summed E-state index contributed by atoms with van der Waals surface area (Å²) in [6, 6.07) is 6.09. The molecule has 0 aliphatic carbocycles. The van der Waals surface area contributed by atoms with Crippen molar-refractivity contribution in [3.05, 3.63) is 30.1 Å². The molecule has 5 heteroatoms. The SMILES string of the molecule is CCCCCCCCCCCCCCSc1ccc(-n2nc(C(C)(C)C)cc2N)nc1. The second-order valence-electron chi connectivity index (χ2n) is 9.71. The minimum atomic E-state index is -0.0244. The summed E-state index contributed by atoms with van der Waals surface area (Å²) < 4.78 is 1.74. The lowest BCUT2D eigenvalue weighted by atomic mass is 9.92. The van der Waals surface area contributed by atoms with Crippen molar-refractivity contribution in [3.8, 4) is 5.82 Å². The van der Waals surface area contributed by atoms with Crippen LogP contribution >= 0.6 is 11.8 Å². The molecule has 0 aliphatic rings. The van der Waals surface area contributed by atoms with Crippen LogP contribution in [0, 0.1) is 0 Å². The van der Waals surface area contributed by atoms with Crippen molar-refractivity contribution in [2.75, 3.05) is 11.5 Å². The Hall–Kier alpha value is -1.49. The molecule has 0 spiro atoms. The van der Waals surface area contributed by atoms with Gasteiger partial charge in [-0.1, -0.05) is 98.3 Å². The van der Waals surface area contributed by atoms with Crippen LogP contribution < -0.4 is 5.73 Å². The number of nitrogens with two attached hydrogens (primary N) is 1. The van der Waals surface area contributed by atoms with Crippen LogP contribution in [0.2, 0.25) is 0 Å². The van der Waals surface area contributed by atoms with Crippen molar-refractivity contribution in [2.45, 2.75) is 115 Å². The summed E-state index contributed by atoms with van der Waals surface area (Å²) in [4.78, 5) is 5.80. The van der Waals surface area contributed by atoms with Gasteiger partial charge in [-0.05, 0) is 24.3 Å². The van der Waals surface area contributed by atoms with Crippen molar-refractivity contribution in [3.63, 3.8) is 0 Å². The van der Waals surface area contributed by atoms with Crippen LogP contribution in [-0.4, -0.2) is 20.5 Å². The summed E-state index contributed by atoms with van der Waals surface area (Å²) in [6.45, 7) is 8.71. The number of pyridine rings is 1. The summed E-state index contributed by atoms with van der Waals surface area (Å²) in [7, 11) is 0. The number of aromatic nitrogens is 3. The molecule has 31 heavy (non-hydrogen) atoms. The third kappa shape index (κ3) is 9.67. The molecule has 0 unspecified atom stereocenters. The fraction of sp³-hybridized carbons (Fsp3) is 0.692. The van der Waals surface area contributed by atoms with Gasteiger partial charge in [0.15, 0.2) is 5.82 Å². The maximum absolute atomic E-state index is 6.15. The Morgan fingerprint density at radius 1 is 0.871 bits per heavy atom. The van der Waals surface area contributed by atoms with Gasteiger partial charge in [0.1, 0.15) is 5.82 Å². The van der Waals surface area contributed by atoms with Crippen molar-refractivity contribution < 1.29 is 0 Å². The summed E-state index contributed by atoms with van der Waals surface area (Å²) >= 11 is 1.90. The van der Waals surface area contributed by atoms with Crippen molar-refractivity contribution in [1.29, 1.82) is 0 Å². The molecule has 0 fully saturated rings. The molecule has 2 N–H and O–H groups in total. The van der Waals surface area contributed by atoms with Crippen LogP contribution in [-0.2, 0) is 5.41 Å². The van der Waals surface area contributed by atoms with Crippen LogP contribution in [0.1, 0.15) is 110 Å². The van der Waals surface area contributed by atoms with E-state index in [1.54, 1.807) is 4.68 Å². The van der Waals surface area contributed by atoms with Crippen molar-refractivity contribution >= 4 is 17.6 Å². The Balaban J connectivity index is 1.57. The van der Waals surface area contributed by atoms with Gasteiger partial charge in [0.25, 0.3) is 0 Å². The Kier molecular flexibility index (Phi) is 11.5. The van der Waals surface area contributed by atoms with Crippen LogP contribution in [0.25, 0.3) is 5.82 Å². The monoisotopic (exact) mass is 444 g/mol. The van der Waals surface area contributed by atoms with E-state index < -0.39 is 0 Å². The van der Waals surface area contributed by atoms with Crippen LogP contribution in [0.3, 0.4) is 0 Å². The molecule has 0 aliphatic heterocycles. The highest BCUT2D eigenvalue weighted by molar-refractivity contribution is 7.99. The topological polar surface area (TPSA) is 56.7 Å². The van der Waals surface area contributed by atoms with Gasteiger partial charge in [-0.25, -0.2) is 4.98 Å². The molecule has 0 aromatic carbocycles. The third-order valence-electron chi connectivity index (χ3n) is 5.71. The predicted molar refractivity (Wildman–Crippen MR) is 136 cm³/mol. The second kappa shape index (κ2) is 13.8. The molecular weight excluding hydrogens is 400 g/mol. The van der Waals surface area contributed by atoms with E-state index in [2.05, 4.69) is 43.8 Å². The summed E-state index contributed by atoms with van der Waals surface area (Å²) in [6.07, 6.45) is 18.7. The van der Waals surface area contributed by atoms with E-state index >= 15 is 0 Å². The van der Waals surface area contributed by atoms with E-state index in [4.69, 9.17) is 5.73 Å². The fourth-order valence-electron chi connectivity index (χ4n) is 3.66. The van der Waals surface area contributed by atoms with Crippen LogP contribution in [0.4, 0.5) is 5.82 Å². The van der Waals surface area contributed by atoms with E-state index in [0.717, 1.165) is 17.3 Å². The van der Waals surface area contributed by atoms with Crippen LogP contribution in [0.15, 0.2) is 29.3 Å². The molecule has 2 aromatic heterocycles. The fourth-order valence-corrected chi connectivity index (χ4v) is 4.54. The van der Waals surface area contributed by atoms with Gasteiger partial charge in [0, 0.05) is 22.6 Å². The number of thioether (sulfide) groups is 1. The van der Waals surface area contributed by atoms with Gasteiger partial charge in [-0.15, -0.1) is 11.8 Å². The number of unbranched alkanes of at least 4 members (excludes halogenated alkanes) is 11. The molecule has 0 amide bonds. The minimum Gasteiger partial charge on any atom is -0.384 e. The number of hydrogen-bond donors (Lipinski definition) is 1. The normalized spacial score (nSPS) is 11.9. The first-order valence-corrected chi connectivity index (χ1v) is 13.4. The number of nitrogen functional groups attached to an aromatic ring is 1. The quantitative estimate of drug-likeness (QED) is 0.224. The molecular formula is C26H44N4S. The van der Waals surface area contributed by atoms with Gasteiger partial charge >= 0.3 is 0 Å². The van der Waals surface area contributed by atoms with E-state index in [9.17, 15) is 0 Å². The van der Waals surface area contributed by atoms with Gasteiger partial charge in [-0.3, -0.25) is 0 Å². The smallest absolute Gasteiger partial charge is 0.155 e. The average molecular weight is 445 g/mol. The van der Waals surface area contributed by atoms with Crippen LogP contribution in [0.5, 0.6) is 0 Å². The number of nitrogens with zero attached hydrogens (tertiary/aromatic N) is 3. The second-order valence-corrected chi connectivity index (χ2v) is 10.9. The third-order valence-corrected chi connectivity index (χ3v) is 6.78. The zero-order chi connectivity index (χ0) is 22.5. The molecule has 4 nitrogen and oxygen atoms in total. The molecule has 174 valence electrons. The summed E-state index contributed by atoms with van der Waals surface area (Å²) in [5.41, 5.74) is 7.11. The van der Waals surface area contributed by atoms with Gasteiger partial charge in [-0.2, -0.15) is 9.78 Å². The first-order valence-electron chi connectivity index (χ1n) is 12.4. The zero-order valence-electron chi connectivity index (χ0n) is 20.3. The van der Waals surface area contributed by atoms with Gasteiger partial charge in [0.05, 0.1) is 5.69 Å². The number of anilines is 1. The molecule has 2 heterocycles. The van der Waals surface area contributed by atoms with Gasteiger partial charge < -0.3 is 5.73 Å². The highest BCUT2D eigenvalue weighted by atomic mass is 32.2. The van der Waals surface area contributed by atoms with Crippen molar-refractivity contribution in [2.24, 2.45) is 0 Å². The lowest BCUT2D eigenvalue weighted by molar-refractivity contribution is 0.548. The molecule has 0 radical (unpaired) electrons. The standard InChI is InChI=1S/C26H44N4S/c1-5-6-7-8-9-10-11-12-13-14-15-16-19-31-22-17-18-25(28-21-22)30-24(27)20-23(29-30)26(2,3)4/h17-18,20-21H,5-16,19,27H2,1-4H3. The van der Waals surface area contributed by atoms with E-state index in [0.29, 0.717) is 5.82 Å². The largest absolute Gasteiger partial charge is 0.384 e. The van der Waals surface area contributed by atoms with E-state index in [1.165, 1.54) is 81.9 Å². The lowest BCUT2D eigenvalue weighted by Gasteiger charge is -2.14. The summed E-state index contributed by atoms with van der Waals surface area (Å²) in [5.74, 6) is 2.58. The minimum absolute atomic E-state index is 0.0244. The zero-order valence-corrected chi connectivity index (χ0v) is 21.1. The highest BCUT2D eigenvalue weighted by Crippen LogP contribution is 2.25. The first-order chi connectivity index (χ1) is 14.9. The molecule has 0 bridgehead atoms. The Labute approximate surface area is 194 Å². The summed E-state index contributed by atoms with van der Waals surface area (Å²) in [5, 5.41) is 4.64. The molecule has 2 aromatic rings. The first kappa shape index (κ1) is 25.8. The Morgan fingerprint density at radius 2 is 1.45 bits per heavy atom. The Bertz CT molecular complexity index is 731. The maximum atomic E-state index is 6.15. The maximum Gasteiger partial charge on any atom is 0.155 e. The molecule has 0 saturated heterocycles. The van der Waals surface area contributed by atoms with E-state index in [1.807, 2.05) is 30.1 Å². The Morgan fingerprint density at radius 3 is 1.94 bits per heavy atom. The number of rotatable bonds is 15. The van der Waals surface area contributed by atoms with Crippen molar-refractivity contribution in [1.82, 2.24) is 14.8 Å². The van der Waals surface area contributed by atoms with Gasteiger partial charge in [0.2, 0.25) is 0 Å². The molecule has 0 atom stereocenters.